The molecule has 0 amide bonds. The Morgan fingerprint density at radius 1 is 0.524 bits per heavy atom. The van der Waals surface area contributed by atoms with Crippen LogP contribution in [0.4, 0.5) is 22.9 Å². The van der Waals surface area contributed by atoms with Crippen molar-refractivity contribution in [3.8, 4) is 39.7 Å². The predicted molar refractivity (Wildman–Crippen MR) is 248 cm³/mol. The van der Waals surface area contributed by atoms with Gasteiger partial charge in [-0.05, 0) is 65.2 Å². The molecule has 63 heavy (non-hydrogen) atoms. The van der Waals surface area contributed by atoms with Crippen molar-refractivity contribution in [1.82, 2.24) is 14.1 Å². The van der Waals surface area contributed by atoms with E-state index in [0.717, 1.165) is 67.6 Å². The van der Waals surface area contributed by atoms with Gasteiger partial charge in [0.05, 0.1) is 33.4 Å². The van der Waals surface area contributed by atoms with Crippen LogP contribution in [0.25, 0.3) is 61.0 Å². The van der Waals surface area contributed by atoms with Crippen LogP contribution >= 0.6 is 0 Å². The van der Waals surface area contributed by atoms with Crippen molar-refractivity contribution in [2.75, 3.05) is 9.62 Å². The predicted octanol–water partition coefficient (Wildman–Crippen LogP) is 11.3. The normalized spacial score (nSPS) is 12.5. The molecule has 0 N–H and O–H groups in total. The van der Waals surface area contributed by atoms with Crippen molar-refractivity contribution < 1.29 is 30.4 Å². The standard InChI is InChI=1S/C54H33BN6O.Pt/c1-2-16-37(17-3-1)60-52-32-31-40(35-53(52)61-54-44(23-15-33-56-54)41-20-4-7-24-45(41)55(60)61)62-39-19-14-18-38(34-39)57-36-58(49-28-11-10-27-48(49)57)50-29-12-13-30-51(50)59-46-25-8-5-21-42(46)43-22-6-9-26-47(43)59;/h1-33H;/q-2;. The number of rotatable bonds is 6. The van der Waals surface area contributed by atoms with E-state index < -0.39 is 0 Å². The number of benzene rings is 8. The number of aromatic nitrogens is 4. The molecular formula is C54H33BN6OPt-2. The van der Waals surface area contributed by atoms with Crippen molar-refractivity contribution in [2.45, 2.75) is 0 Å². The number of para-hydroxylation sites is 7. The number of hydrogen-bond acceptors (Lipinski definition) is 4. The Hall–Kier alpha value is -7.67. The minimum Gasteiger partial charge on any atom is -0.510 e. The summed E-state index contributed by atoms with van der Waals surface area (Å²) in [5, 5.41) is 2.44. The third-order valence-electron chi connectivity index (χ3n) is 12.2. The molecular weight excluding hydrogens is 955 g/mol. The Balaban J connectivity index is 0.00000421. The van der Waals surface area contributed by atoms with Gasteiger partial charge in [0.25, 0.3) is 6.33 Å². The first-order valence-corrected chi connectivity index (χ1v) is 20.8. The zero-order valence-electron chi connectivity index (χ0n) is 33.5. The van der Waals surface area contributed by atoms with Gasteiger partial charge in [-0.2, -0.15) is 12.1 Å². The van der Waals surface area contributed by atoms with Gasteiger partial charge in [0.2, 0.25) is 0 Å². The molecule has 0 radical (unpaired) electrons. The average molecular weight is 988 g/mol. The number of pyridine rings is 1. The molecule has 5 heterocycles. The molecule has 13 rings (SSSR count). The third kappa shape index (κ3) is 5.72. The summed E-state index contributed by atoms with van der Waals surface area (Å²) in [5.74, 6) is 2.04. The minimum absolute atomic E-state index is 0. The molecule has 2 aliphatic heterocycles. The van der Waals surface area contributed by atoms with Gasteiger partial charge in [-0.15, -0.1) is 30.3 Å². The summed E-state index contributed by atoms with van der Waals surface area (Å²) in [6.07, 6.45) is 5.59. The van der Waals surface area contributed by atoms with Crippen molar-refractivity contribution in [2.24, 2.45) is 0 Å². The van der Waals surface area contributed by atoms with Crippen molar-refractivity contribution in [1.29, 1.82) is 0 Å². The van der Waals surface area contributed by atoms with Gasteiger partial charge in [-0.1, -0.05) is 127 Å². The van der Waals surface area contributed by atoms with Crippen molar-refractivity contribution in [3.63, 3.8) is 0 Å². The van der Waals surface area contributed by atoms with Crippen LogP contribution in [-0.4, -0.2) is 21.1 Å². The van der Waals surface area contributed by atoms with Gasteiger partial charge in [-0.25, -0.2) is 4.98 Å². The van der Waals surface area contributed by atoms with E-state index in [2.05, 4.69) is 206 Å². The average Bonchev–Trinajstić information content (AvgIpc) is 4.01. The van der Waals surface area contributed by atoms with Crippen LogP contribution in [0.2, 0.25) is 0 Å². The van der Waals surface area contributed by atoms with Crippen LogP contribution in [0.15, 0.2) is 200 Å². The van der Waals surface area contributed by atoms with E-state index in [4.69, 9.17) is 9.72 Å². The quantitative estimate of drug-likeness (QED) is 0.0946. The molecule has 2 aliphatic rings. The van der Waals surface area contributed by atoms with E-state index in [-0.39, 0.29) is 28.0 Å². The maximum atomic E-state index is 6.68. The third-order valence-corrected chi connectivity index (χ3v) is 12.2. The van der Waals surface area contributed by atoms with Crippen molar-refractivity contribution >= 4 is 68.2 Å². The molecule has 300 valence electrons. The monoisotopic (exact) mass is 987 g/mol. The minimum atomic E-state index is -0.156. The number of nitrogens with zero attached hydrogens (tertiary/aromatic N) is 6. The molecule has 0 spiro atoms. The fraction of sp³-hybridized carbons (Fsp3) is 0. The van der Waals surface area contributed by atoms with Gasteiger partial charge < -0.3 is 23.5 Å². The molecule has 8 aromatic carbocycles. The number of ether oxygens (including phenoxy) is 1. The summed E-state index contributed by atoms with van der Waals surface area (Å²) in [6, 6.07) is 74.9. The smallest absolute Gasteiger partial charge is 0.409 e. The second-order valence-electron chi connectivity index (χ2n) is 15.6. The van der Waals surface area contributed by atoms with Crippen molar-refractivity contribution in [3.05, 3.63) is 219 Å². The van der Waals surface area contributed by atoms with Crippen LogP contribution in [-0.2, 0) is 21.1 Å². The summed E-state index contributed by atoms with van der Waals surface area (Å²) in [6.45, 7) is -0.156. The van der Waals surface area contributed by atoms with E-state index in [9.17, 15) is 0 Å². The first kappa shape index (κ1) is 37.1. The van der Waals surface area contributed by atoms with E-state index in [1.807, 2.05) is 36.5 Å². The summed E-state index contributed by atoms with van der Waals surface area (Å²) < 4.78 is 13.3. The van der Waals surface area contributed by atoms with E-state index in [1.54, 1.807) is 0 Å². The fourth-order valence-electron chi connectivity index (χ4n) is 9.58. The van der Waals surface area contributed by atoms with Crippen LogP contribution < -0.4 is 24.4 Å². The van der Waals surface area contributed by atoms with Crippen LogP contribution in [0, 0.1) is 18.5 Å². The molecule has 0 saturated heterocycles. The van der Waals surface area contributed by atoms with E-state index >= 15 is 0 Å². The Morgan fingerprint density at radius 2 is 1.21 bits per heavy atom. The summed E-state index contributed by atoms with van der Waals surface area (Å²) in [4.78, 5) is 9.64. The molecule has 0 atom stereocenters. The van der Waals surface area contributed by atoms with Crippen LogP contribution in [0.1, 0.15) is 0 Å². The molecule has 9 heteroatoms. The molecule has 0 fully saturated rings. The maximum absolute atomic E-state index is 6.68. The Bertz CT molecular complexity index is 3510. The Kier molecular flexibility index (Phi) is 8.70. The summed E-state index contributed by atoms with van der Waals surface area (Å²) in [7, 11) is 0. The van der Waals surface area contributed by atoms with Crippen LogP contribution in [0.3, 0.4) is 0 Å². The van der Waals surface area contributed by atoms with Gasteiger partial charge in [0.1, 0.15) is 5.82 Å². The maximum Gasteiger partial charge on any atom is 0.409 e. The summed E-state index contributed by atoms with van der Waals surface area (Å²) in [5.41, 5.74) is 13.7. The zero-order valence-corrected chi connectivity index (χ0v) is 35.8. The second kappa shape index (κ2) is 14.8. The summed E-state index contributed by atoms with van der Waals surface area (Å²) >= 11 is 0. The molecule has 0 unspecified atom stereocenters. The first-order chi connectivity index (χ1) is 30.8. The fourth-order valence-corrected chi connectivity index (χ4v) is 9.58. The molecule has 7 nitrogen and oxygen atoms in total. The molecule has 11 aromatic rings. The van der Waals surface area contributed by atoms with Gasteiger partial charge in [-0.3, -0.25) is 4.57 Å². The topological polar surface area (TPSA) is 42.3 Å². The van der Waals surface area contributed by atoms with Crippen LogP contribution in [0.5, 0.6) is 11.5 Å². The first-order valence-electron chi connectivity index (χ1n) is 20.8. The molecule has 0 saturated carbocycles. The number of fused-ring (bicyclic) bond motifs is 12. The number of imidazole rings is 1. The zero-order chi connectivity index (χ0) is 40.7. The van der Waals surface area contributed by atoms with E-state index in [0.29, 0.717) is 11.5 Å². The second-order valence-corrected chi connectivity index (χ2v) is 15.6. The van der Waals surface area contributed by atoms with Gasteiger partial charge in [0, 0.05) is 60.8 Å². The molecule has 0 bridgehead atoms. The SMILES string of the molecule is [Pt].[c-]1c(Oc2[c-]c3c(cc2)N(c2ccccc2)B2c4ccccc4-c4cccnc4N23)cccc1-n1[c-][n+](-c2ccccc2-n2c3ccccc3c3ccccc32)c2ccccc21. The number of hydrogen-bond donors (Lipinski definition) is 0. The van der Waals surface area contributed by atoms with Gasteiger partial charge >= 0.3 is 6.98 Å². The Labute approximate surface area is 378 Å². The number of anilines is 4. The van der Waals surface area contributed by atoms with E-state index in [1.165, 1.54) is 21.8 Å². The molecule has 3 aromatic heterocycles. The van der Waals surface area contributed by atoms with Gasteiger partial charge in [0.15, 0.2) is 0 Å². The largest absolute Gasteiger partial charge is 0.510 e. The molecule has 0 aliphatic carbocycles. The Morgan fingerprint density at radius 3 is 2.05 bits per heavy atom.